The Morgan fingerprint density at radius 3 is 2.61 bits per heavy atom. The number of carboxylic acid groups (broad SMARTS) is 1. The number of nitrogens with zero attached hydrogens (tertiary/aromatic N) is 4. The van der Waals surface area contributed by atoms with Crippen LogP contribution in [0.25, 0.3) is 11.2 Å². The summed E-state index contributed by atoms with van der Waals surface area (Å²) in [6, 6.07) is 9.73. The number of carbonyl (C=O) groups is 2. The smallest absolute Gasteiger partial charge is 0.320 e. The third kappa shape index (κ3) is 5.06. The molecule has 3 fully saturated rings. The fourth-order valence-corrected chi connectivity index (χ4v) is 5.55. The van der Waals surface area contributed by atoms with Gasteiger partial charge in [-0.2, -0.15) is 0 Å². The minimum atomic E-state index is -0.902. The molecule has 200 valence electrons. The molecule has 1 saturated carbocycles. The summed E-state index contributed by atoms with van der Waals surface area (Å²) in [5.74, 6) is -0.604. The van der Waals surface area contributed by atoms with Gasteiger partial charge in [0.05, 0.1) is 12.4 Å². The largest absolute Gasteiger partial charge is 0.481 e. The van der Waals surface area contributed by atoms with Gasteiger partial charge < -0.3 is 24.6 Å². The molecule has 1 unspecified atom stereocenters. The summed E-state index contributed by atoms with van der Waals surface area (Å²) in [5.41, 5.74) is 1.96. The number of benzene rings is 1. The number of rotatable bonds is 8. The summed E-state index contributed by atoms with van der Waals surface area (Å²) in [4.78, 5) is 36.9. The van der Waals surface area contributed by atoms with Crippen molar-refractivity contribution in [2.24, 2.45) is 0 Å². The number of hydrogen-bond donors (Lipinski definition) is 3. The summed E-state index contributed by atoms with van der Waals surface area (Å²) in [7, 11) is 0. The van der Waals surface area contributed by atoms with Gasteiger partial charge in [0.2, 0.25) is 0 Å². The van der Waals surface area contributed by atoms with Gasteiger partial charge in [-0.25, -0.2) is 19.7 Å². The van der Waals surface area contributed by atoms with Crippen LogP contribution >= 0.6 is 0 Å². The Bertz CT molecular complexity index is 1300. The lowest BCUT2D eigenvalue weighted by molar-refractivity contribution is -0.148. The van der Waals surface area contributed by atoms with Crippen molar-refractivity contribution in [3.63, 3.8) is 0 Å². The maximum absolute atomic E-state index is 12.6. The Morgan fingerprint density at radius 1 is 1.03 bits per heavy atom. The fourth-order valence-electron chi connectivity index (χ4n) is 5.55. The van der Waals surface area contributed by atoms with E-state index in [0.29, 0.717) is 23.4 Å². The molecule has 3 N–H and O–H groups in total. The third-order valence-electron chi connectivity index (χ3n) is 7.35. The van der Waals surface area contributed by atoms with Gasteiger partial charge in [0, 0.05) is 18.9 Å². The number of carboxylic acids is 1. The van der Waals surface area contributed by atoms with Crippen molar-refractivity contribution in [1.29, 1.82) is 0 Å². The van der Waals surface area contributed by atoms with Crippen molar-refractivity contribution in [3.8, 4) is 0 Å². The molecule has 12 nitrogen and oxygen atoms in total. The molecule has 1 aromatic carbocycles. The number of carbonyl (C=O) groups excluding carboxylic acids is 1. The molecule has 0 radical (unpaired) electrons. The standard InChI is InChI=1S/C26H30N6O6/c33-18(34)11-10-17-21-22(38-19(37-21)12-15-6-2-1-3-7-15)25(36-17)32-14-29-20-23(27-13-28-24(20)32)31-26(35)30-16-8-4-5-9-16/h1-3,6-7,13-14,16-17,19,21-22,25H,4-5,8-12H2,(H,33,34)(H2,27,28,30,31,35)/t17-,19+,21?,22+,25-/m1/s1. The zero-order valence-electron chi connectivity index (χ0n) is 20.7. The summed E-state index contributed by atoms with van der Waals surface area (Å²) < 4.78 is 20.6. The molecule has 2 amide bonds. The summed E-state index contributed by atoms with van der Waals surface area (Å²) in [5, 5.41) is 15.0. The Balaban J connectivity index is 1.23. The van der Waals surface area contributed by atoms with Crippen LogP contribution in [-0.2, 0) is 25.4 Å². The lowest BCUT2D eigenvalue weighted by Gasteiger charge is -2.21. The van der Waals surface area contributed by atoms with E-state index in [0.717, 1.165) is 31.2 Å². The van der Waals surface area contributed by atoms with Crippen LogP contribution in [0.5, 0.6) is 0 Å². The lowest BCUT2D eigenvalue weighted by Crippen LogP contribution is -2.36. The molecular weight excluding hydrogens is 492 g/mol. The molecule has 38 heavy (non-hydrogen) atoms. The number of nitrogens with one attached hydrogen (secondary N) is 2. The minimum Gasteiger partial charge on any atom is -0.481 e. The van der Waals surface area contributed by atoms with Gasteiger partial charge in [0.25, 0.3) is 0 Å². The van der Waals surface area contributed by atoms with Crippen LogP contribution in [0.2, 0.25) is 0 Å². The van der Waals surface area contributed by atoms with Gasteiger partial charge in [-0.15, -0.1) is 0 Å². The van der Waals surface area contributed by atoms with Crippen molar-refractivity contribution in [2.45, 2.75) is 81.8 Å². The van der Waals surface area contributed by atoms with E-state index in [1.807, 2.05) is 30.3 Å². The number of anilines is 1. The fraction of sp³-hybridized carbons (Fsp3) is 0.500. The molecule has 4 heterocycles. The van der Waals surface area contributed by atoms with Crippen molar-refractivity contribution >= 4 is 29.0 Å². The number of fused-ring (bicyclic) bond motifs is 2. The molecule has 0 spiro atoms. The molecule has 2 aromatic heterocycles. The average molecular weight is 523 g/mol. The van der Waals surface area contributed by atoms with E-state index in [1.165, 1.54) is 6.33 Å². The SMILES string of the molecule is O=C(O)CC[C@H]1O[C@@H](n2cnc3c(NC(=O)NC4CCCC4)ncnc32)[C@H]2O[C@@H](Cc3ccccc3)OC12. The van der Waals surface area contributed by atoms with Gasteiger partial charge in [0.15, 0.2) is 29.5 Å². The number of aromatic nitrogens is 4. The summed E-state index contributed by atoms with van der Waals surface area (Å²) in [6.45, 7) is 0. The molecule has 2 aliphatic heterocycles. The predicted octanol–water partition coefficient (Wildman–Crippen LogP) is 3.01. The highest BCUT2D eigenvalue weighted by Crippen LogP contribution is 2.42. The Hall–Kier alpha value is -3.61. The van der Waals surface area contributed by atoms with Gasteiger partial charge in [-0.05, 0) is 24.8 Å². The first-order chi connectivity index (χ1) is 18.5. The first kappa shape index (κ1) is 24.7. The minimum absolute atomic E-state index is 0.0513. The van der Waals surface area contributed by atoms with E-state index in [9.17, 15) is 14.7 Å². The first-order valence-electron chi connectivity index (χ1n) is 13.0. The van der Waals surface area contributed by atoms with Gasteiger partial charge >= 0.3 is 12.0 Å². The van der Waals surface area contributed by atoms with E-state index in [4.69, 9.17) is 14.2 Å². The van der Waals surface area contributed by atoms with Crippen molar-refractivity contribution in [2.75, 3.05) is 5.32 Å². The highest BCUT2D eigenvalue weighted by Gasteiger charge is 2.53. The molecule has 0 bridgehead atoms. The normalized spacial score (nSPS) is 27.0. The average Bonchev–Trinajstić information content (AvgIpc) is 3.69. The summed E-state index contributed by atoms with van der Waals surface area (Å²) in [6.07, 6.45) is 5.36. The van der Waals surface area contributed by atoms with Crippen LogP contribution in [0.4, 0.5) is 10.6 Å². The van der Waals surface area contributed by atoms with Crippen LogP contribution in [0.3, 0.4) is 0 Å². The molecule has 5 atom stereocenters. The first-order valence-corrected chi connectivity index (χ1v) is 13.0. The number of ether oxygens (including phenoxy) is 3. The highest BCUT2D eigenvalue weighted by molar-refractivity contribution is 5.96. The maximum Gasteiger partial charge on any atom is 0.320 e. The Morgan fingerprint density at radius 2 is 1.82 bits per heavy atom. The lowest BCUT2D eigenvalue weighted by atomic mass is 10.1. The number of aliphatic carboxylic acids is 1. The number of hydrogen-bond acceptors (Lipinski definition) is 8. The molecule has 3 aromatic rings. The molecule has 12 heteroatoms. The summed E-state index contributed by atoms with van der Waals surface area (Å²) >= 11 is 0. The van der Waals surface area contributed by atoms with Crippen molar-refractivity contribution in [1.82, 2.24) is 24.8 Å². The number of urea groups is 1. The van der Waals surface area contributed by atoms with E-state index in [-0.39, 0.29) is 24.9 Å². The van der Waals surface area contributed by atoms with E-state index < -0.39 is 36.8 Å². The van der Waals surface area contributed by atoms with E-state index >= 15 is 0 Å². The molecule has 6 rings (SSSR count). The van der Waals surface area contributed by atoms with Crippen LogP contribution in [0.1, 0.15) is 50.3 Å². The second-order valence-corrected chi connectivity index (χ2v) is 9.94. The molecular formula is C26H30N6O6. The zero-order chi connectivity index (χ0) is 26.1. The second kappa shape index (κ2) is 10.6. The van der Waals surface area contributed by atoms with Crippen molar-refractivity contribution in [3.05, 3.63) is 48.5 Å². The topological polar surface area (TPSA) is 150 Å². The molecule has 1 aliphatic carbocycles. The monoisotopic (exact) mass is 522 g/mol. The van der Waals surface area contributed by atoms with Gasteiger partial charge in [0.1, 0.15) is 18.5 Å². The van der Waals surface area contributed by atoms with E-state index in [2.05, 4.69) is 25.6 Å². The highest BCUT2D eigenvalue weighted by atomic mass is 16.8. The Kier molecular flexibility index (Phi) is 6.92. The Labute approximate surface area is 218 Å². The second-order valence-electron chi connectivity index (χ2n) is 9.94. The van der Waals surface area contributed by atoms with Crippen molar-refractivity contribution < 1.29 is 28.9 Å². The van der Waals surface area contributed by atoms with Gasteiger partial charge in [-0.3, -0.25) is 14.7 Å². The number of amides is 2. The van der Waals surface area contributed by atoms with Crippen LogP contribution < -0.4 is 10.6 Å². The van der Waals surface area contributed by atoms with E-state index in [1.54, 1.807) is 10.9 Å². The zero-order valence-corrected chi connectivity index (χ0v) is 20.7. The molecule has 3 aliphatic rings. The molecule has 2 saturated heterocycles. The maximum atomic E-state index is 12.6. The number of imidazole rings is 1. The van der Waals surface area contributed by atoms with Gasteiger partial charge in [-0.1, -0.05) is 43.2 Å². The van der Waals surface area contributed by atoms with Crippen LogP contribution in [-0.4, -0.2) is 67.3 Å². The third-order valence-corrected chi connectivity index (χ3v) is 7.35. The van der Waals surface area contributed by atoms with Crippen LogP contribution in [0.15, 0.2) is 43.0 Å². The van der Waals surface area contributed by atoms with Crippen LogP contribution in [0, 0.1) is 0 Å². The quantitative estimate of drug-likeness (QED) is 0.406. The predicted molar refractivity (Wildman–Crippen MR) is 134 cm³/mol.